The maximum atomic E-state index is 12.5. The quantitative estimate of drug-likeness (QED) is 0.226. The molecular weight excluding hydrogens is 511 g/mol. The number of carboxylic acids is 2. The number of oxime groups is 1. The van der Waals surface area contributed by atoms with Gasteiger partial charge >= 0.3 is 18.1 Å². The van der Waals surface area contributed by atoms with Crippen LogP contribution in [0.2, 0.25) is 0 Å². The van der Waals surface area contributed by atoms with Crippen LogP contribution in [-0.2, 0) is 25.6 Å². The highest BCUT2D eigenvalue weighted by Crippen LogP contribution is 2.20. The van der Waals surface area contributed by atoms with Crippen LogP contribution >= 0.6 is 0 Å². The molecule has 6 N–H and O–H groups in total. The number of carbonyl (C=O) groups excluding carboxylic acids is 1. The molecule has 0 spiro atoms. The third-order valence-corrected chi connectivity index (χ3v) is 5.23. The molecule has 204 valence electrons. The second-order valence-corrected chi connectivity index (χ2v) is 8.22. The summed E-state index contributed by atoms with van der Waals surface area (Å²) in [5.74, 6) is -4.00. The first-order valence-corrected chi connectivity index (χ1v) is 11.2. The lowest BCUT2D eigenvalue weighted by atomic mass is 10.0. The Morgan fingerprint density at radius 2 is 1.74 bits per heavy atom. The van der Waals surface area contributed by atoms with Gasteiger partial charge < -0.3 is 26.1 Å². The van der Waals surface area contributed by atoms with Crippen LogP contribution in [0.4, 0.5) is 13.2 Å². The van der Waals surface area contributed by atoms with Gasteiger partial charge in [-0.1, -0.05) is 29.4 Å². The molecule has 1 aliphatic rings. The van der Waals surface area contributed by atoms with Crippen molar-refractivity contribution in [3.8, 4) is 0 Å². The Kier molecular flexibility index (Phi) is 10.7. The smallest absolute Gasteiger partial charge is 0.481 e. The van der Waals surface area contributed by atoms with Gasteiger partial charge in [0.15, 0.2) is 0 Å². The van der Waals surface area contributed by atoms with E-state index in [4.69, 9.17) is 31.0 Å². The van der Waals surface area contributed by atoms with Crippen molar-refractivity contribution in [2.24, 2.45) is 10.9 Å². The number of alkyl halides is 3. The van der Waals surface area contributed by atoms with Gasteiger partial charge in [-0.25, -0.2) is 4.79 Å². The van der Waals surface area contributed by atoms with Gasteiger partial charge in [0.1, 0.15) is 11.9 Å². The molecule has 0 fully saturated rings. The first-order valence-electron chi connectivity index (χ1n) is 11.2. The van der Waals surface area contributed by atoms with E-state index in [0.29, 0.717) is 30.5 Å². The zero-order valence-electron chi connectivity index (χ0n) is 19.9. The van der Waals surface area contributed by atoms with E-state index >= 15 is 0 Å². The van der Waals surface area contributed by atoms with E-state index in [0.717, 1.165) is 11.1 Å². The molecular formula is C24H26F3N5O6. The van der Waals surface area contributed by atoms with Gasteiger partial charge in [-0.15, -0.1) is 0 Å². The van der Waals surface area contributed by atoms with E-state index in [-0.39, 0.29) is 24.6 Å². The minimum atomic E-state index is -5.08. The number of halogens is 3. The van der Waals surface area contributed by atoms with Crippen LogP contribution in [0, 0.1) is 5.41 Å². The number of benzene rings is 1. The fourth-order valence-electron chi connectivity index (χ4n) is 3.37. The summed E-state index contributed by atoms with van der Waals surface area (Å²) in [6.07, 6.45) is -0.564. The fourth-order valence-corrected chi connectivity index (χ4v) is 3.37. The van der Waals surface area contributed by atoms with Crippen LogP contribution in [0.25, 0.3) is 0 Å². The Labute approximate surface area is 215 Å². The van der Waals surface area contributed by atoms with Gasteiger partial charge in [0.05, 0.1) is 18.6 Å². The number of aliphatic carboxylic acids is 2. The standard InChI is InChI=1S/C22H25N5O4.C2HF3O2/c23-22(24)16-4-2-15(3-5-16)19-12-18(31-27-19)13-20(28)26-17(11-21(29)30)6-1-14-7-9-25-10-8-14;3-2(4,5)1(6)7/h2-5,7-10,17-18H,1,6,11-13H2,(H3,23,24)(H,26,28)(H,29,30);(H,6,7)/t17-,18?;/m1./s1. The molecule has 0 saturated heterocycles. The normalized spacial score (nSPS) is 15.2. The van der Waals surface area contributed by atoms with Crippen molar-refractivity contribution in [3.05, 3.63) is 65.5 Å². The molecule has 11 nitrogen and oxygen atoms in total. The van der Waals surface area contributed by atoms with Crippen molar-refractivity contribution < 1.29 is 42.6 Å². The molecule has 0 saturated carbocycles. The van der Waals surface area contributed by atoms with Crippen molar-refractivity contribution in [2.75, 3.05) is 0 Å². The molecule has 3 rings (SSSR count). The SMILES string of the molecule is N=C(N)c1ccc(C2=NOC(CC(=O)N[C@H](CCc3ccncc3)CC(=O)O)C2)cc1.O=C(O)C(F)(F)F. The number of amidine groups is 1. The molecule has 1 aromatic carbocycles. The Hall–Kier alpha value is -4.49. The molecule has 1 aliphatic heterocycles. The van der Waals surface area contributed by atoms with Gasteiger partial charge in [0, 0.05) is 30.4 Å². The van der Waals surface area contributed by atoms with E-state index in [2.05, 4.69) is 15.5 Å². The van der Waals surface area contributed by atoms with Crippen molar-refractivity contribution in [1.82, 2.24) is 10.3 Å². The topological polar surface area (TPSA) is 188 Å². The summed E-state index contributed by atoms with van der Waals surface area (Å²) >= 11 is 0. The van der Waals surface area contributed by atoms with Crippen molar-refractivity contribution in [1.29, 1.82) is 5.41 Å². The fraction of sp³-hybridized carbons (Fsp3) is 0.333. The number of rotatable bonds is 10. The Morgan fingerprint density at radius 3 is 2.26 bits per heavy atom. The maximum absolute atomic E-state index is 12.5. The number of pyridine rings is 1. The first kappa shape index (κ1) is 29.7. The number of carboxylic acid groups (broad SMARTS) is 2. The van der Waals surface area contributed by atoms with E-state index in [1.54, 1.807) is 24.5 Å². The van der Waals surface area contributed by atoms with Crippen LogP contribution in [0.5, 0.6) is 0 Å². The molecule has 1 unspecified atom stereocenters. The van der Waals surface area contributed by atoms with Crippen LogP contribution in [0.15, 0.2) is 53.9 Å². The highest BCUT2D eigenvalue weighted by atomic mass is 19.4. The largest absolute Gasteiger partial charge is 0.490 e. The molecule has 2 aromatic rings. The summed E-state index contributed by atoms with van der Waals surface area (Å²) in [7, 11) is 0. The predicted molar refractivity (Wildman–Crippen MR) is 129 cm³/mol. The minimum absolute atomic E-state index is 0.00875. The zero-order valence-corrected chi connectivity index (χ0v) is 19.9. The second kappa shape index (κ2) is 13.7. The zero-order chi connectivity index (χ0) is 28.3. The molecule has 14 heteroatoms. The van der Waals surface area contributed by atoms with Gasteiger partial charge in [-0.05, 0) is 36.1 Å². The minimum Gasteiger partial charge on any atom is -0.481 e. The predicted octanol–water partition coefficient (Wildman–Crippen LogP) is 2.47. The highest BCUT2D eigenvalue weighted by Gasteiger charge is 2.38. The molecule has 1 aromatic heterocycles. The van der Waals surface area contributed by atoms with Gasteiger partial charge in [-0.2, -0.15) is 13.2 Å². The summed E-state index contributed by atoms with van der Waals surface area (Å²) in [4.78, 5) is 41.9. The first-order chi connectivity index (χ1) is 17.8. The number of nitrogens with zero attached hydrogens (tertiary/aromatic N) is 2. The van der Waals surface area contributed by atoms with Crippen molar-refractivity contribution >= 4 is 29.4 Å². The molecule has 2 heterocycles. The van der Waals surface area contributed by atoms with Gasteiger partial charge in [0.2, 0.25) is 5.91 Å². The maximum Gasteiger partial charge on any atom is 0.490 e. The number of amides is 1. The molecule has 38 heavy (non-hydrogen) atoms. The van der Waals surface area contributed by atoms with E-state index in [1.807, 2.05) is 24.3 Å². The summed E-state index contributed by atoms with van der Waals surface area (Å²) in [6.45, 7) is 0. The number of nitrogens with one attached hydrogen (secondary N) is 2. The monoisotopic (exact) mass is 537 g/mol. The van der Waals surface area contributed by atoms with Gasteiger partial charge in [0.25, 0.3) is 0 Å². The molecule has 0 radical (unpaired) electrons. The highest BCUT2D eigenvalue weighted by molar-refractivity contribution is 6.02. The van der Waals surface area contributed by atoms with Crippen molar-refractivity contribution in [3.63, 3.8) is 0 Å². The molecule has 2 atom stereocenters. The Bertz CT molecular complexity index is 1160. The number of carbonyl (C=O) groups is 3. The van der Waals surface area contributed by atoms with Crippen LogP contribution in [0.1, 0.15) is 42.4 Å². The van der Waals surface area contributed by atoms with E-state index in [9.17, 15) is 22.8 Å². The number of nitrogen functional groups attached to an aromatic ring is 1. The van der Waals surface area contributed by atoms with E-state index in [1.165, 1.54) is 0 Å². The number of hydrogen-bond donors (Lipinski definition) is 5. The summed E-state index contributed by atoms with van der Waals surface area (Å²) in [5, 5.41) is 30.6. The lowest BCUT2D eigenvalue weighted by molar-refractivity contribution is -0.192. The van der Waals surface area contributed by atoms with Gasteiger partial charge in [-0.3, -0.25) is 20.0 Å². The number of aromatic nitrogens is 1. The van der Waals surface area contributed by atoms with E-state index < -0.39 is 30.3 Å². The third-order valence-electron chi connectivity index (χ3n) is 5.23. The Balaban J connectivity index is 0.000000638. The average Bonchev–Trinajstić information content (AvgIpc) is 3.31. The number of hydrogen-bond acceptors (Lipinski definition) is 7. The summed E-state index contributed by atoms with van der Waals surface area (Å²) in [6, 6.07) is 10.4. The molecule has 0 bridgehead atoms. The van der Waals surface area contributed by atoms with Crippen LogP contribution in [0.3, 0.4) is 0 Å². The molecule has 1 amide bonds. The summed E-state index contributed by atoms with van der Waals surface area (Å²) in [5.41, 5.74) is 8.68. The van der Waals surface area contributed by atoms with Crippen LogP contribution < -0.4 is 11.1 Å². The van der Waals surface area contributed by atoms with Crippen LogP contribution in [-0.4, -0.2) is 62.9 Å². The average molecular weight is 537 g/mol. The lowest BCUT2D eigenvalue weighted by Gasteiger charge is -2.18. The number of aryl methyl sites for hydroxylation is 1. The summed E-state index contributed by atoms with van der Waals surface area (Å²) < 4.78 is 31.7. The third kappa shape index (κ3) is 10.2. The number of nitrogens with two attached hydrogens (primary N) is 1. The lowest BCUT2D eigenvalue weighted by Crippen LogP contribution is -2.38. The molecule has 0 aliphatic carbocycles. The second-order valence-electron chi connectivity index (χ2n) is 8.22. The Morgan fingerprint density at radius 1 is 1.13 bits per heavy atom. The van der Waals surface area contributed by atoms with Crippen molar-refractivity contribution in [2.45, 2.75) is 50.4 Å².